The van der Waals surface area contributed by atoms with E-state index in [2.05, 4.69) is 4.99 Å². The van der Waals surface area contributed by atoms with Crippen LogP contribution in [0, 0.1) is 5.92 Å². The van der Waals surface area contributed by atoms with Crippen LogP contribution in [0.5, 0.6) is 0 Å². The molecule has 28 heavy (non-hydrogen) atoms. The first-order valence-electron chi connectivity index (χ1n) is 8.72. The quantitative estimate of drug-likeness (QED) is 0.693. The minimum atomic E-state index is -3.15. The molecule has 0 radical (unpaired) electrons. The average molecular weight is 422 g/mol. The fourth-order valence-corrected chi connectivity index (χ4v) is 3.76. The van der Waals surface area contributed by atoms with Gasteiger partial charge in [-0.05, 0) is 23.6 Å². The number of allylic oxidation sites excluding steroid dienone is 1. The van der Waals surface area contributed by atoms with E-state index < -0.39 is 9.84 Å². The highest BCUT2D eigenvalue weighted by Crippen LogP contribution is 2.25. The van der Waals surface area contributed by atoms with E-state index in [1.54, 1.807) is 41.2 Å². The lowest BCUT2D eigenvalue weighted by Gasteiger charge is -2.09. The summed E-state index contributed by atoms with van der Waals surface area (Å²) in [7, 11) is -3.15. The number of hydrogen-bond donors (Lipinski definition) is 1. The summed E-state index contributed by atoms with van der Waals surface area (Å²) < 4.78 is 24.5. The maximum Gasteiger partial charge on any atom is 0.250 e. The van der Waals surface area contributed by atoms with Crippen LogP contribution in [0.3, 0.4) is 0 Å². The first kappa shape index (κ1) is 21.9. The normalized spacial score (nSPS) is 12.8. The molecule has 0 atom stereocenters. The minimum absolute atomic E-state index is 0.0771. The Balaban J connectivity index is 2.29. The monoisotopic (exact) mass is 421 g/mol. The Bertz CT molecular complexity index is 1070. The van der Waals surface area contributed by atoms with Crippen LogP contribution < -0.4 is 11.3 Å². The Morgan fingerprint density at radius 2 is 2.00 bits per heavy atom. The Hall–Kier alpha value is -2.38. The molecule has 0 amide bonds. The van der Waals surface area contributed by atoms with Crippen molar-refractivity contribution in [1.29, 1.82) is 0 Å². The molecule has 0 spiro atoms. The molecule has 0 aliphatic rings. The van der Waals surface area contributed by atoms with Gasteiger partial charge in [-0.2, -0.15) is 0 Å². The van der Waals surface area contributed by atoms with Crippen LogP contribution in [0.15, 0.2) is 52.5 Å². The van der Waals surface area contributed by atoms with Crippen molar-refractivity contribution in [3.05, 3.63) is 69.2 Å². The summed E-state index contributed by atoms with van der Waals surface area (Å²) in [5.41, 5.74) is 8.10. The molecular weight excluding hydrogens is 398 g/mol. The van der Waals surface area contributed by atoms with Gasteiger partial charge in [-0.1, -0.05) is 37.6 Å². The summed E-state index contributed by atoms with van der Waals surface area (Å²) in [6, 6.07) is 8.14. The first-order chi connectivity index (χ1) is 13.1. The van der Waals surface area contributed by atoms with Crippen molar-refractivity contribution in [3.8, 4) is 0 Å². The molecule has 6 nitrogen and oxygen atoms in total. The molecule has 0 bridgehead atoms. The van der Waals surface area contributed by atoms with E-state index in [-0.39, 0.29) is 11.3 Å². The van der Waals surface area contributed by atoms with Gasteiger partial charge in [-0.15, -0.1) is 0 Å². The smallest absolute Gasteiger partial charge is 0.250 e. The van der Waals surface area contributed by atoms with E-state index in [4.69, 9.17) is 17.3 Å². The van der Waals surface area contributed by atoms with E-state index in [0.29, 0.717) is 39.9 Å². The number of benzene rings is 1. The number of hydrogen-bond acceptors (Lipinski definition) is 5. The van der Waals surface area contributed by atoms with E-state index in [1.165, 1.54) is 18.5 Å². The third kappa shape index (κ3) is 6.35. The van der Waals surface area contributed by atoms with Crippen LogP contribution in [-0.4, -0.2) is 25.5 Å². The highest BCUT2D eigenvalue weighted by molar-refractivity contribution is 7.89. The van der Waals surface area contributed by atoms with Gasteiger partial charge in [0, 0.05) is 53.6 Å². The van der Waals surface area contributed by atoms with Crippen molar-refractivity contribution < 1.29 is 8.42 Å². The first-order valence-corrected chi connectivity index (χ1v) is 11.2. The molecule has 0 saturated heterocycles. The molecule has 1 heterocycles. The van der Waals surface area contributed by atoms with Crippen LogP contribution in [-0.2, 0) is 22.1 Å². The molecule has 0 unspecified atom stereocenters. The molecule has 0 fully saturated rings. The summed E-state index contributed by atoms with van der Waals surface area (Å²) in [6.07, 6.45) is 5.82. The van der Waals surface area contributed by atoms with Crippen LogP contribution >= 0.6 is 11.6 Å². The van der Waals surface area contributed by atoms with Crippen molar-refractivity contribution in [1.82, 2.24) is 4.57 Å². The molecule has 2 N–H and O–H groups in total. The summed E-state index contributed by atoms with van der Waals surface area (Å²) >= 11 is 6.32. The van der Waals surface area contributed by atoms with Crippen LogP contribution in [0.1, 0.15) is 25.0 Å². The number of nitrogens with zero attached hydrogens (tertiary/aromatic N) is 2. The number of nitrogens with two attached hydrogens (primary N) is 1. The molecule has 8 heteroatoms. The molecule has 0 aliphatic heterocycles. The summed E-state index contributed by atoms with van der Waals surface area (Å²) in [5.74, 6) is 0.251. The van der Waals surface area contributed by atoms with E-state index in [9.17, 15) is 13.2 Å². The lowest BCUT2D eigenvalue weighted by Crippen LogP contribution is -2.20. The fourth-order valence-electron chi connectivity index (χ4n) is 2.66. The van der Waals surface area contributed by atoms with Crippen molar-refractivity contribution >= 4 is 38.9 Å². The number of pyridine rings is 1. The average Bonchev–Trinajstić information content (AvgIpc) is 2.57. The Labute approximate surface area is 170 Å². The molecule has 0 saturated carbocycles. The minimum Gasteiger partial charge on any atom is -0.404 e. The van der Waals surface area contributed by atoms with Gasteiger partial charge in [0.15, 0.2) is 9.84 Å². The molecule has 150 valence electrons. The van der Waals surface area contributed by atoms with Gasteiger partial charge in [0.05, 0.1) is 11.4 Å². The third-order valence-corrected chi connectivity index (χ3v) is 5.01. The van der Waals surface area contributed by atoms with Crippen molar-refractivity contribution in [3.63, 3.8) is 0 Å². The van der Waals surface area contributed by atoms with Gasteiger partial charge in [-0.25, -0.2) is 8.42 Å². The predicted molar refractivity (Wildman–Crippen MR) is 116 cm³/mol. The second kappa shape index (κ2) is 9.21. The molecule has 2 aromatic rings. The third-order valence-electron chi connectivity index (χ3n) is 3.84. The van der Waals surface area contributed by atoms with E-state index >= 15 is 0 Å². The fraction of sp³-hybridized carbons (Fsp3) is 0.300. The molecule has 2 rings (SSSR count). The van der Waals surface area contributed by atoms with Gasteiger partial charge in [-0.3, -0.25) is 9.79 Å². The lowest BCUT2D eigenvalue weighted by molar-refractivity contribution is 0.511. The van der Waals surface area contributed by atoms with Crippen molar-refractivity contribution in [2.45, 2.75) is 26.1 Å². The number of halogens is 1. The van der Waals surface area contributed by atoms with Crippen LogP contribution in [0.25, 0.3) is 5.57 Å². The number of aromatic nitrogens is 1. The lowest BCUT2D eigenvalue weighted by atomic mass is 10.1. The van der Waals surface area contributed by atoms with Crippen LogP contribution in [0.4, 0.5) is 5.69 Å². The largest absolute Gasteiger partial charge is 0.404 e. The number of aliphatic imine (C=N–C) groups is 1. The Morgan fingerprint density at radius 1 is 1.29 bits per heavy atom. The predicted octanol–water partition coefficient (Wildman–Crippen LogP) is 3.40. The molecule has 0 aliphatic carbocycles. The summed E-state index contributed by atoms with van der Waals surface area (Å²) in [6.45, 7) is 4.68. The second-order valence-electron chi connectivity index (χ2n) is 7.04. The maximum atomic E-state index is 11.9. The zero-order valence-electron chi connectivity index (χ0n) is 16.1. The zero-order chi connectivity index (χ0) is 20.9. The highest BCUT2D eigenvalue weighted by Gasteiger charge is 2.10. The Morgan fingerprint density at radius 3 is 2.57 bits per heavy atom. The van der Waals surface area contributed by atoms with E-state index in [0.717, 1.165) is 0 Å². The van der Waals surface area contributed by atoms with Gasteiger partial charge < -0.3 is 10.3 Å². The number of rotatable bonds is 7. The second-order valence-corrected chi connectivity index (χ2v) is 9.58. The van der Waals surface area contributed by atoms with Gasteiger partial charge in [0.2, 0.25) is 0 Å². The SMILES string of the molecule is CC(C)Cn1cc(N=CC(=CN)c2ccc(CS(C)(=O)=O)cc2Cl)ccc1=O. The highest BCUT2D eigenvalue weighted by atomic mass is 35.5. The molecular formula is C20H24ClN3O3S. The maximum absolute atomic E-state index is 11.9. The van der Waals surface area contributed by atoms with Gasteiger partial charge in [0.25, 0.3) is 5.56 Å². The topological polar surface area (TPSA) is 94.5 Å². The van der Waals surface area contributed by atoms with E-state index in [1.807, 2.05) is 13.8 Å². The molecule has 1 aromatic carbocycles. The van der Waals surface area contributed by atoms with Gasteiger partial charge in [0.1, 0.15) is 0 Å². The number of sulfone groups is 1. The Kier molecular flexibility index (Phi) is 7.21. The zero-order valence-corrected chi connectivity index (χ0v) is 17.7. The summed E-state index contributed by atoms with van der Waals surface area (Å²) in [4.78, 5) is 16.3. The molecule has 1 aromatic heterocycles. The standard InChI is InChI=1S/C20H24ClN3O3S/c1-14(2)11-24-12-17(5-7-20(24)25)23-10-16(9-22)18-6-4-15(8-19(18)21)13-28(3,26)27/h4-10,12,14H,11,13,22H2,1-3H3. The van der Waals surface area contributed by atoms with Crippen molar-refractivity contribution in [2.24, 2.45) is 16.6 Å². The van der Waals surface area contributed by atoms with Crippen molar-refractivity contribution in [2.75, 3.05) is 6.26 Å². The van der Waals surface area contributed by atoms with Crippen LogP contribution in [0.2, 0.25) is 5.02 Å². The van der Waals surface area contributed by atoms with Gasteiger partial charge >= 0.3 is 0 Å². The summed E-state index contributed by atoms with van der Waals surface area (Å²) in [5, 5.41) is 0.383.